The highest BCUT2D eigenvalue weighted by Crippen LogP contribution is 2.30. The summed E-state index contributed by atoms with van der Waals surface area (Å²) in [5, 5.41) is 2.94. The first-order valence-corrected chi connectivity index (χ1v) is 12.0. The van der Waals surface area contributed by atoms with Gasteiger partial charge in [-0.2, -0.15) is 0 Å². The Morgan fingerprint density at radius 1 is 1.00 bits per heavy atom. The van der Waals surface area contributed by atoms with Crippen LogP contribution >= 0.6 is 11.3 Å². The highest BCUT2D eigenvalue weighted by Gasteiger charge is 2.28. The maximum absolute atomic E-state index is 12.6. The van der Waals surface area contributed by atoms with E-state index >= 15 is 0 Å². The van der Waals surface area contributed by atoms with Crippen molar-refractivity contribution < 1.29 is 13.2 Å². The molecule has 0 saturated carbocycles. The van der Waals surface area contributed by atoms with E-state index in [9.17, 15) is 13.2 Å². The van der Waals surface area contributed by atoms with E-state index in [1.54, 1.807) is 35.6 Å². The average molecular weight is 405 g/mol. The molecule has 1 aromatic carbocycles. The average Bonchev–Trinajstić information content (AvgIpc) is 3.18. The molecule has 27 heavy (non-hydrogen) atoms. The van der Waals surface area contributed by atoms with Crippen LogP contribution in [-0.4, -0.2) is 26.6 Å². The number of hydrogen-bond donors (Lipinski definition) is 1. The SMILES string of the molecule is O=C(Nc1ccc(N2CCCS2(=O)=O)cc1)c1cc2c(s1)CCCCCC2. The van der Waals surface area contributed by atoms with Crippen molar-refractivity contribution in [3.8, 4) is 0 Å². The van der Waals surface area contributed by atoms with Crippen LogP contribution in [0.4, 0.5) is 11.4 Å². The minimum absolute atomic E-state index is 0.0895. The van der Waals surface area contributed by atoms with E-state index in [0.29, 0.717) is 24.3 Å². The molecule has 0 atom stereocenters. The number of aryl methyl sites for hydroxylation is 2. The van der Waals surface area contributed by atoms with Crippen molar-refractivity contribution in [2.75, 3.05) is 21.9 Å². The summed E-state index contributed by atoms with van der Waals surface area (Å²) < 4.78 is 25.5. The summed E-state index contributed by atoms with van der Waals surface area (Å²) in [7, 11) is -3.18. The van der Waals surface area contributed by atoms with E-state index in [1.165, 1.54) is 40.4 Å². The van der Waals surface area contributed by atoms with E-state index in [2.05, 4.69) is 5.32 Å². The Morgan fingerprint density at radius 3 is 2.44 bits per heavy atom. The predicted molar refractivity (Wildman–Crippen MR) is 110 cm³/mol. The molecule has 4 rings (SSSR count). The first-order chi connectivity index (χ1) is 13.0. The Bertz CT molecular complexity index is 907. The van der Waals surface area contributed by atoms with Crippen molar-refractivity contribution in [2.45, 2.75) is 44.9 Å². The molecule has 1 aliphatic carbocycles. The Hall–Kier alpha value is -1.86. The molecule has 0 radical (unpaired) electrons. The van der Waals surface area contributed by atoms with Crippen molar-refractivity contribution in [1.29, 1.82) is 0 Å². The van der Waals surface area contributed by atoms with Gasteiger partial charge < -0.3 is 5.32 Å². The number of nitrogens with zero attached hydrogens (tertiary/aromatic N) is 1. The quantitative estimate of drug-likeness (QED) is 0.834. The molecule has 144 valence electrons. The number of rotatable bonds is 3. The van der Waals surface area contributed by atoms with Gasteiger partial charge in [0.05, 0.1) is 16.3 Å². The summed E-state index contributed by atoms with van der Waals surface area (Å²) in [5.41, 5.74) is 2.67. The van der Waals surface area contributed by atoms with Gasteiger partial charge in [0.15, 0.2) is 0 Å². The maximum Gasteiger partial charge on any atom is 0.265 e. The van der Waals surface area contributed by atoms with Gasteiger partial charge in [0.2, 0.25) is 10.0 Å². The zero-order chi connectivity index (χ0) is 18.9. The second-order valence-corrected chi connectivity index (χ2v) is 10.4. The van der Waals surface area contributed by atoms with Crippen molar-refractivity contribution in [3.05, 3.63) is 45.6 Å². The predicted octanol–water partition coefficient (Wildman–Crippen LogP) is 4.20. The topological polar surface area (TPSA) is 66.5 Å². The molecule has 5 nitrogen and oxygen atoms in total. The van der Waals surface area contributed by atoms with Gasteiger partial charge in [-0.25, -0.2) is 8.42 Å². The molecule has 0 bridgehead atoms. The third-order valence-corrected chi connectivity index (χ3v) is 8.34. The summed E-state index contributed by atoms with van der Waals surface area (Å²) in [6.07, 6.45) is 7.75. The standard InChI is InChI=1S/C20H24N2O3S2/c23-20(19-14-15-6-3-1-2-4-7-18(15)26-19)21-16-8-10-17(11-9-16)22-12-5-13-27(22,24)25/h8-11,14H,1-7,12-13H2,(H,21,23). The van der Waals surface area contributed by atoms with E-state index in [0.717, 1.165) is 17.7 Å². The fourth-order valence-electron chi connectivity index (χ4n) is 3.79. The van der Waals surface area contributed by atoms with E-state index < -0.39 is 10.0 Å². The van der Waals surface area contributed by atoms with Crippen LogP contribution in [0.2, 0.25) is 0 Å². The molecule has 1 saturated heterocycles. The molecule has 1 N–H and O–H groups in total. The van der Waals surface area contributed by atoms with Crippen molar-refractivity contribution in [1.82, 2.24) is 0 Å². The molecule has 1 fully saturated rings. The van der Waals surface area contributed by atoms with Gasteiger partial charge in [0, 0.05) is 17.1 Å². The van der Waals surface area contributed by atoms with Gasteiger partial charge >= 0.3 is 0 Å². The van der Waals surface area contributed by atoms with Crippen LogP contribution in [0.15, 0.2) is 30.3 Å². The van der Waals surface area contributed by atoms with Crippen molar-refractivity contribution in [3.63, 3.8) is 0 Å². The number of benzene rings is 1. The number of anilines is 2. The molecule has 1 aromatic heterocycles. The van der Waals surface area contributed by atoms with Crippen molar-refractivity contribution in [2.24, 2.45) is 0 Å². The van der Waals surface area contributed by atoms with E-state index in [-0.39, 0.29) is 11.7 Å². The fourth-order valence-corrected chi connectivity index (χ4v) is 6.50. The lowest BCUT2D eigenvalue weighted by molar-refractivity contribution is 0.103. The van der Waals surface area contributed by atoms with Gasteiger partial charge in [-0.1, -0.05) is 12.8 Å². The lowest BCUT2D eigenvalue weighted by Crippen LogP contribution is -2.24. The lowest BCUT2D eigenvalue weighted by atomic mass is 10.00. The molecule has 2 aliphatic rings. The third-order valence-electron chi connectivity index (χ3n) is 5.23. The Kier molecular flexibility index (Phi) is 5.23. The zero-order valence-electron chi connectivity index (χ0n) is 15.2. The van der Waals surface area contributed by atoms with Crippen LogP contribution in [0, 0.1) is 0 Å². The van der Waals surface area contributed by atoms with Crippen LogP contribution in [0.5, 0.6) is 0 Å². The first-order valence-electron chi connectivity index (χ1n) is 9.56. The first kappa shape index (κ1) is 18.5. The molecule has 0 spiro atoms. The molecule has 7 heteroatoms. The highest BCUT2D eigenvalue weighted by molar-refractivity contribution is 7.93. The van der Waals surface area contributed by atoms with Gasteiger partial charge in [-0.15, -0.1) is 11.3 Å². The van der Waals surface area contributed by atoms with Crippen LogP contribution in [0.1, 0.15) is 52.2 Å². The van der Waals surface area contributed by atoms with E-state index in [1.807, 2.05) is 6.07 Å². The smallest absolute Gasteiger partial charge is 0.265 e. The molecule has 1 amide bonds. The summed E-state index contributed by atoms with van der Waals surface area (Å²) in [6.45, 7) is 0.523. The van der Waals surface area contributed by atoms with Crippen LogP contribution < -0.4 is 9.62 Å². The second kappa shape index (κ2) is 7.64. The van der Waals surface area contributed by atoms with E-state index in [4.69, 9.17) is 0 Å². The highest BCUT2D eigenvalue weighted by atomic mass is 32.2. The molecular weight excluding hydrogens is 380 g/mol. The minimum Gasteiger partial charge on any atom is -0.321 e. The number of nitrogens with one attached hydrogen (secondary N) is 1. The number of sulfonamides is 1. The molecule has 2 aromatic rings. The summed E-state index contributed by atoms with van der Waals surface area (Å²) in [6, 6.07) is 9.10. The Labute approximate surface area is 164 Å². The number of thiophene rings is 1. The normalized spacial score (nSPS) is 19.2. The minimum atomic E-state index is -3.18. The fraction of sp³-hybridized carbons (Fsp3) is 0.450. The maximum atomic E-state index is 12.6. The van der Waals surface area contributed by atoms with Crippen LogP contribution in [0.3, 0.4) is 0 Å². The van der Waals surface area contributed by atoms with Gasteiger partial charge in [0.25, 0.3) is 5.91 Å². The summed E-state index contributed by atoms with van der Waals surface area (Å²) in [4.78, 5) is 14.8. The largest absolute Gasteiger partial charge is 0.321 e. The molecular formula is C20H24N2O3S2. The van der Waals surface area contributed by atoms with Crippen molar-refractivity contribution >= 4 is 38.6 Å². The lowest BCUT2D eigenvalue weighted by Gasteiger charge is -2.17. The number of fused-ring (bicyclic) bond motifs is 1. The Balaban J connectivity index is 1.46. The molecule has 2 heterocycles. The number of amides is 1. The second-order valence-electron chi connectivity index (χ2n) is 7.22. The van der Waals surface area contributed by atoms with Crippen LogP contribution in [-0.2, 0) is 22.9 Å². The molecule has 1 aliphatic heterocycles. The van der Waals surface area contributed by atoms with Gasteiger partial charge in [-0.05, 0) is 68.0 Å². The number of hydrogen-bond acceptors (Lipinski definition) is 4. The summed E-state index contributed by atoms with van der Waals surface area (Å²) in [5.74, 6) is 0.113. The van der Waals surface area contributed by atoms with Gasteiger partial charge in [0.1, 0.15) is 0 Å². The summed E-state index contributed by atoms with van der Waals surface area (Å²) >= 11 is 1.61. The van der Waals surface area contributed by atoms with Crippen LogP contribution in [0.25, 0.3) is 0 Å². The molecule has 0 unspecified atom stereocenters. The monoisotopic (exact) mass is 404 g/mol. The number of carbonyl (C=O) groups is 1. The number of carbonyl (C=O) groups excluding carboxylic acids is 1. The third kappa shape index (κ3) is 4.04. The zero-order valence-corrected chi connectivity index (χ0v) is 16.9. The Morgan fingerprint density at radius 2 is 1.74 bits per heavy atom. The van der Waals surface area contributed by atoms with Gasteiger partial charge in [-0.3, -0.25) is 9.10 Å².